The fourth-order valence-corrected chi connectivity index (χ4v) is 3.34. The molecule has 2 heterocycles. The molecule has 0 fully saturated rings. The molecule has 0 spiro atoms. The number of carboxylic acids is 1. The molecule has 0 bridgehead atoms. The molecule has 0 aliphatic rings. The molecule has 152 valence electrons. The van der Waals surface area contributed by atoms with Crippen LogP contribution in [-0.4, -0.2) is 57.5 Å². The molecule has 0 aliphatic carbocycles. The quantitative estimate of drug-likeness (QED) is 0.386. The molecule has 30 heavy (non-hydrogen) atoms. The van der Waals surface area contributed by atoms with Gasteiger partial charge < -0.3 is 10.0 Å². The molecule has 0 saturated heterocycles. The Bertz CT molecular complexity index is 1200. The minimum atomic E-state index is -0.955. The Hall–Kier alpha value is -3.71. The first-order valence-corrected chi connectivity index (χ1v) is 9.50. The van der Waals surface area contributed by atoms with Crippen LogP contribution in [0.1, 0.15) is 6.92 Å². The van der Waals surface area contributed by atoms with Crippen molar-refractivity contribution >= 4 is 41.8 Å². The average Bonchev–Trinajstić information content (AvgIpc) is 3.37. The van der Waals surface area contributed by atoms with E-state index in [4.69, 9.17) is 24.4 Å². The van der Waals surface area contributed by atoms with E-state index >= 15 is 0 Å². The topological polar surface area (TPSA) is 134 Å². The van der Waals surface area contributed by atoms with Crippen LogP contribution in [0, 0.1) is 9.54 Å². The number of aromatic amines is 2. The van der Waals surface area contributed by atoms with Crippen LogP contribution >= 0.6 is 24.4 Å². The second-order valence-corrected chi connectivity index (χ2v) is 6.98. The third kappa shape index (κ3) is 3.62. The Kier molecular flexibility index (Phi) is 5.20. The number of benzene rings is 2. The molecule has 1 atom stereocenters. The number of hydrogen-bond acceptors (Lipinski definition) is 8. The summed E-state index contributed by atoms with van der Waals surface area (Å²) in [5, 5.41) is 29.8. The Labute approximate surface area is 179 Å². The first-order chi connectivity index (χ1) is 14.5. The maximum absolute atomic E-state index is 11.8. The molecular formula is C17H15N9O2S2. The molecule has 13 heteroatoms. The summed E-state index contributed by atoms with van der Waals surface area (Å²) in [6.45, 7) is 1.62. The van der Waals surface area contributed by atoms with Gasteiger partial charge in [-0.15, -0.1) is 0 Å². The van der Waals surface area contributed by atoms with E-state index in [0.717, 1.165) is 11.4 Å². The first kappa shape index (κ1) is 19.6. The third-order valence-electron chi connectivity index (χ3n) is 4.46. The zero-order valence-electron chi connectivity index (χ0n) is 15.5. The van der Waals surface area contributed by atoms with Gasteiger partial charge in [-0.1, -0.05) is 20.6 Å². The molecule has 4 aromatic rings. The van der Waals surface area contributed by atoms with Crippen molar-refractivity contribution in [2.24, 2.45) is 0 Å². The van der Waals surface area contributed by atoms with Crippen molar-refractivity contribution in [3.05, 3.63) is 58.1 Å². The van der Waals surface area contributed by atoms with Crippen LogP contribution in [0.3, 0.4) is 0 Å². The van der Waals surface area contributed by atoms with Crippen molar-refractivity contribution in [1.29, 1.82) is 0 Å². The number of aliphatic carboxylic acids is 1. The van der Waals surface area contributed by atoms with Gasteiger partial charge in [-0.3, -0.25) is 0 Å². The summed E-state index contributed by atoms with van der Waals surface area (Å²) in [6, 6.07) is 13.6. The summed E-state index contributed by atoms with van der Waals surface area (Å²) in [4.78, 5) is 13.5. The Morgan fingerprint density at radius 3 is 1.60 bits per heavy atom. The van der Waals surface area contributed by atoms with Crippen LogP contribution in [0.15, 0.2) is 48.5 Å². The molecule has 0 aliphatic heterocycles. The molecule has 11 nitrogen and oxygen atoms in total. The summed E-state index contributed by atoms with van der Waals surface area (Å²) in [6.07, 6.45) is 0. The number of H-pyrrole nitrogens is 2. The van der Waals surface area contributed by atoms with Gasteiger partial charge in [0.15, 0.2) is 0 Å². The lowest BCUT2D eigenvalue weighted by atomic mass is 10.1. The SMILES string of the molecule is CC(C(=O)O)N(c1ccc(-n2[nH]nnc2=S)cc1)c1ccc(-n2[nH]nnc2=S)cc1. The molecule has 1 unspecified atom stereocenters. The lowest BCUT2D eigenvalue weighted by Gasteiger charge is -2.29. The van der Waals surface area contributed by atoms with Gasteiger partial charge in [0.1, 0.15) is 6.04 Å². The molecule has 2 aromatic carbocycles. The van der Waals surface area contributed by atoms with Crippen molar-refractivity contribution < 1.29 is 9.90 Å². The van der Waals surface area contributed by atoms with E-state index < -0.39 is 12.0 Å². The van der Waals surface area contributed by atoms with E-state index in [1.165, 1.54) is 0 Å². The molecule has 3 N–H and O–H groups in total. The fourth-order valence-electron chi connectivity index (χ4n) is 2.96. The number of carbonyl (C=O) groups is 1. The van der Waals surface area contributed by atoms with E-state index in [-0.39, 0.29) is 0 Å². The molecule has 4 rings (SSSR count). The smallest absolute Gasteiger partial charge is 0.326 e. The van der Waals surface area contributed by atoms with Crippen molar-refractivity contribution in [3.63, 3.8) is 0 Å². The Morgan fingerprint density at radius 1 is 0.900 bits per heavy atom. The van der Waals surface area contributed by atoms with E-state index in [2.05, 4.69) is 31.1 Å². The molecule has 0 amide bonds. The Morgan fingerprint density at radius 2 is 1.30 bits per heavy atom. The number of aromatic nitrogens is 8. The summed E-state index contributed by atoms with van der Waals surface area (Å²) < 4.78 is 3.67. The number of carboxylic acid groups (broad SMARTS) is 1. The van der Waals surface area contributed by atoms with Gasteiger partial charge in [-0.05, 0) is 79.9 Å². The van der Waals surface area contributed by atoms with Crippen LogP contribution in [0.2, 0.25) is 0 Å². The minimum absolute atomic E-state index is 0.293. The fraction of sp³-hybridized carbons (Fsp3) is 0.118. The normalized spacial score (nSPS) is 11.9. The van der Waals surface area contributed by atoms with Crippen LogP contribution in [0.5, 0.6) is 0 Å². The number of anilines is 2. The summed E-state index contributed by atoms with van der Waals surface area (Å²) in [5.74, 6) is -0.955. The van der Waals surface area contributed by atoms with E-state index in [1.54, 1.807) is 69.7 Å². The van der Waals surface area contributed by atoms with Gasteiger partial charge in [0, 0.05) is 11.4 Å². The third-order valence-corrected chi connectivity index (χ3v) is 4.99. The lowest BCUT2D eigenvalue weighted by molar-refractivity contribution is -0.137. The van der Waals surface area contributed by atoms with Crippen molar-refractivity contribution in [2.75, 3.05) is 4.90 Å². The number of hydrogen-bond donors (Lipinski definition) is 3. The molecule has 0 saturated carbocycles. The van der Waals surface area contributed by atoms with Crippen LogP contribution in [0.4, 0.5) is 11.4 Å². The van der Waals surface area contributed by atoms with E-state index in [1.807, 2.05) is 0 Å². The van der Waals surface area contributed by atoms with Crippen LogP contribution < -0.4 is 4.90 Å². The van der Waals surface area contributed by atoms with E-state index in [0.29, 0.717) is 20.9 Å². The number of nitrogens with one attached hydrogen (secondary N) is 2. The maximum Gasteiger partial charge on any atom is 0.326 e. The van der Waals surface area contributed by atoms with Gasteiger partial charge in [0.2, 0.25) is 9.54 Å². The Balaban J connectivity index is 1.71. The van der Waals surface area contributed by atoms with Crippen LogP contribution in [-0.2, 0) is 4.79 Å². The van der Waals surface area contributed by atoms with Gasteiger partial charge in [0.25, 0.3) is 0 Å². The van der Waals surface area contributed by atoms with Gasteiger partial charge in [-0.25, -0.2) is 14.2 Å². The molecular weight excluding hydrogens is 426 g/mol. The summed E-state index contributed by atoms with van der Waals surface area (Å²) in [5.41, 5.74) is 2.85. The van der Waals surface area contributed by atoms with Crippen molar-refractivity contribution in [3.8, 4) is 11.4 Å². The monoisotopic (exact) mass is 441 g/mol. The highest BCUT2D eigenvalue weighted by molar-refractivity contribution is 7.71. The largest absolute Gasteiger partial charge is 0.480 e. The first-order valence-electron chi connectivity index (χ1n) is 8.69. The zero-order valence-corrected chi connectivity index (χ0v) is 17.1. The van der Waals surface area contributed by atoms with Crippen LogP contribution in [0.25, 0.3) is 11.4 Å². The zero-order chi connectivity index (χ0) is 21.3. The molecule has 2 aromatic heterocycles. The average molecular weight is 442 g/mol. The highest BCUT2D eigenvalue weighted by Crippen LogP contribution is 2.29. The second-order valence-electron chi connectivity index (χ2n) is 6.25. The highest BCUT2D eigenvalue weighted by Gasteiger charge is 2.23. The van der Waals surface area contributed by atoms with Gasteiger partial charge in [-0.2, -0.15) is 10.4 Å². The predicted molar refractivity (Wildman–Crippen MR) is 112 cm³/mol. The standard InChI is InChI=1S/C17H15N9O2S2/c1-10(15(27)28)24(11-2-6-13(7-3-11)25-16(29)18-20-22-25)12-4-8-14(9-5-12)26-17(30)19-21-23-26/h2-10H,1H3,(H,27,28)(H,18,22,29)(H,19,23,30). The number of rotatable bonds is 6. The van der Waals surface area contributed by atoms with Crippen molar-refractivity contribution in [1.82, 2.24) is 40.4 Å². The van der Waals surface area contributed by atoms with E-state index in [9.17, 15) is 9.90 Å². The molecule has 0 radical (unpaired) electrons. The number of tetrazole rings is 2. The number of nitrogens with zero attached hydrogens (tertiary/aromatic N) is 7. The van der Waals surface area contributed by atoms with Gasteiger partial charge in [0.05, 0.1) is 11.4 Å². The summed E-state index contributed by atoms with van der Waals surface area (Å²) >= 11 is 10.2. The highest BCUT2D eigenvalue weighted by atomic mass is 32.1. The summed E-state index contributed by atoms with van der Waals surface area (Å²) in [7, 11) is 0. The van der Waals surface area contributed by atoms with Gasteiger partial charge >= 0.3 is 5.97 Å². The van der Waals surface area contributed by atoms with Crippen molar-refractivity contribution in [2.45, 2.75) is 13.0 Å². The second kappa shape index (κ2) is 7.96. The minimum Gasteiger partial charge on any atom is -0.480 e. The lowest BCUT2D eigenvalue weighted by Crippen LogP contribution is -2.35. The maximum atomic E-state index is 11.8. The predicted octanol–water partition coefficient (Wildman–Crippen LogP) is 2.57.